The number of furan rings is 1. The van der Waals surface area contributed by atoms with Gasteiger partial charge < -0.3 is 10.2 Å². The zero-order chi connectivity index (χ0) is 13.3. The fourth-order valence-electron chi connectivity index (χ4n) is 2.19. The number of nitrogens with zero attached hydrogens (tertiary/aromatic N) is 1. The molecule has 2 N–H and O–H groups in total. The van der Waals surface area contributed by atoms with Gasteiger partial charge in [0.25, 0.3) is 0 Å². The monoisotopic (exact) mass is 272 g/mol. The molecule has 0 spiro atoms. The molecule has 0 aliphatic heterocycles. The molecule has 1 heterocycles. The lowest BCUT2D eigenvalue weighted by molar-refractivity contribution is 0.263. The van der Waals surface area contributed by atoms with E-state index in [0.29, 0.717) is 24.0 Å². The second kappa shape index (κ2) is 5.03. The van der Waals surface area contributed by atoms with Crippen LogP contribution in [0.3, 0.4) is 0 Å². The summed E-state index contributed by atoms with van der Waals surface area (Å²) < 4.78 is 31.5. The van der Waals surface area contributed by atoms with Crippen LogP contribution < -0.4 is 5.73 Å². The zero-order valence-corrected chi connectivity index (χ0v) is 11.7. The lowest BCUT2D eigenvalue weighted by Gasteiger charge is -2.29. The van der Waals surface area contributed by atoms with Crippen molar-refractivity contribution in [2.45, 2.75) is 37.6 Å². The molecule has 1 aromatic heterocycles. The minimum Gasteiger partial charge on any atom is -0.464 e. The molecule has 1 aliphatic carbocycles. The van der Waals surface area contributed by atoms with Crippen molar-refractivity contribution in [1.29, 1.82) is 0 Å². The summed E-state index contributed by atoms with van der Waals surface area (Å²) >= 11 is 0. The highest BCUT2D eigenvalue weighted by Gasteiger charge is 2.29. The smallest absolute Gasteiger partial charge is 0.246 e. The summed E-state index contributed by atoms with van der Waals surface area (Å²) in [5.41, 5.74) is 5.46. The first-order chi connectivity index (χ1) is 8.45. The first kappa shape index (κ1) is 13.6. The van der Waals surface area contributed by atoms with E-state index in [4.69, 9.17) is 10.2 Å². The maximum Gasteiger partial charge on any atom is 0.246 e. The van der Waals surface area contributed by atoms with Gasteiger partial charge in [0, 0.05) is 19.7 Å². The molecule has 102 valence electrons. The molecule has 0 aromatic carbocycles. The predicted octanol–water partition coefficient (Wildman–Crippen LogP) is 1.47. The standard InChI is InChI=1S/C12H20N2O3S/c1-9-12(6-11(7-13)17-9)18(15,16)14(2)8-10-4-3-5-10/h6,10H,3-5,7-8,13H2,1-2H3. The van der Waals surface area contributed by atoms with E-state index in [0.717, 1.165) is 12.8 Å². The normalized spacial score (nSPS) is 17.1. The second-order valence-electron chi connectivity index (χ2n) is 4.92. The van der Waals surface area contributed by atoms with Crippen molar-refractivity contribution < 1.29 is 12.8 Å². The first-order valence-corrected chi connectivity index (χ1v) is 7.65. The minimum atomic E-state index is -3.45. The van der Waals surface area contributed by atoms with Crippen LogP contribution in [-0.4, -0.2) is 26.3 Å². The molecule has 1 aromatic rings. The van der Waals surface area contributed by atoms with Crippen LogP contribution in [0.25, 0.3) is 0 Å². The van der Waals surface area contributed by atoms with Crippen molar-refractivity contribution in [2.75, 3.05) is 13.6 Å². The lowest BCUT2D eigenvalue weighted by atomic mass is 9.86. The average molecular weight is 272 g/mol. The summed E-state index contributed by atoms with van der Waals surface area (Å²) in [6.45, 7) is 2.46. The molecule has 0 saturated heterocycles. The van der Waals surface area contributed by atoms with E-state index in [-0.39, 0.29) is 11.4 Å². The van der Waals surface area contributed by atoms with E-state index in [1.54, 1.807) is 14.0 Å². The molecule has 1 aliphatic rings. The van der Waals surface area contributed by atoms with Crippen LogP contribution in [-0.2, 0) is 16.6 Å². The van der Waals surface area contributed by atoms with Crippen LogP contribution >= 0.6 is 0 Å². The molecular formula is C12H20N2O3S. The first-order valence-electron chi connectivity index (χ1n) is 6.21. The Morgan fingerprint density at radius 2 is 2.17 bits per heavy atom. The van der Waals surface area contributed by atoms with Gasteiger partial charge in [-0.05, 0) is 25.7 Å². The number of hydrogen-bond donors (Lipinski definition) is 1. The van der Waals surface area contributed by atoms with Gasteiger partial charge in [0.2, 0.25) is 10.0 Å². The van der Waals surface area contributed by atoms with Crippen molar-refractivity contribution in [3.63, 3.8) is 0 Å². The molecule has 0 bridgehead atoms. The van der Waals surface area contributed by atoms with E-state index < -0.39 is 10.0 Å². The van der Waals surface area contributed by atoms with Crippen molar-refractivity contribution in [3.05, 3.63) is 17.6 Å². The molecule has 2 rings (SSSR count). The van der Waals surface area contributed by atoms with Gasteiger partial charge in [-0.1, -0.05) is 6.42 Å². The van der Waals surface area contributed by atoms with Gasteiger partial charge in [-0.25, -0.2) is 12.7 Å². The Kier molecular flexibility index (Phi) is 3.79. The Morgan fingerprint density at radius 3 is 2.61 bits per heavy atom. The zero-order valence-electron chi connectivity index (χ0n) is 10.8. The number of sulfonamides is 1. The highest BCUT2D eigenvalue weighted by Crippen LogP contribution is 2.29. The van der Waals surface area contributed by atoms with Crippen LogP contribution in [0.4, 0.5) is 0 Å². The maximum atomic E-state index is 12.4. The third-order valence-corrected chi connectivity index (χ3v) is 5.48. The molecule has 1 fully saturated rings. The van der Waals surface area contributed by atoms with Crippen LogP contribution in [0, 0.1) is 12.8 Å². The van der Waals surface area contributed by atoms with Crippen LogP contribution in [0.5, 0.6) is 0 Å². The van der Waals surface area contributed by atoms with Crippen LogP contribution in [0.15, 0.2) is 15.4 Å². The third-order valence-electron chi connectivity index (χ3n) is 3.55. The summed E-state index contributed by atoms with van der Waals surface area (Å²) in [6, 6.07) is 1.53. The lowest BCUT2D eigenvalue weighted by Crippen LogP contribution is -2.34. The molecule has 6 heteroatoms. The number of rotatable bonds is 5. The van der Waals surface area contributed by atoms with Gasteiger partial charge in [0.05, 0.1) is 6.54 Å². The SMILES string of the molecule is Cc1oc(CN)cc1S(=O)(=O)N(C)CC1CCC1. The largest absolute Gasteiger partial charge is 0.464 e. The van der Waals surface area contributed by atoms with Gasteiger partial charge >= 0.3 is 0 Å². The Labute approximate surface area is 108 Å². The summed E-state index contributed by atoms with van der Waals surface area (Å²) in [5.74, 6) is 1.42. The molecular weight excluding hydrogens is 252 g/mol. The van der Waals surface area contributed by atoms with Crippen molar-refractivity contribution in [2.24, 2.45) is 11.7 Å². The number of hydrogen-bond acceptors (Lipinski definition) is 4. The Bertz CT molecular complexity index is 517. The van der Waals surface area contributed by atoms with Crippen LogP contribution in [0.1, 0.15) is 30.8 Å². The molecule has 0 radical (unpaired) electrons. The molecule has 0 amide bonds. The summed E-state index contributed by atoms with van der Waals surface area (Å²) in [5, 5.41) is 0. The highest BCUT2D eigenvalue weighted by molar-refractivity contribution is 7.89. The van der Waals surface area contributed by atoms with Gasteiger partial charge in [-0.2, -0.15) is 0 Å². The van der Waals surface area contributed by atoms with Crippen molar-refractivity contribution in [1.82, 2.24) is 4.31 Å². The maximum absolute atomic E-state index is 12.4. The van der Waals surface area contributed by atoms with Crippen molar-refractivity contribution in [3.8, 4) is 0 Å². The van der Waals surface area contributed by atoms with Crippen LogP contribution in [0.2, 0.25) is 0 Å². The minimum absolute atomic E-state index is 0.211. The molecule has 0 unspecified atom stereocenters. The summed E-state index contributed by atoms with van der Waals surface area (Å²) in [7, 11) is -1.82. The predicted molar refractivity (Wildman–Crippen MR) is 68.5 cm³/mol. The fraction of sp³-hybridized carbons (Fsp3) is 0.667. The van der Waals surface area contributed by atoms with Crippen molar-refractivity contribution >= 4 is 10.0 Å². The number of nitrogens with two attached hydrogens (primary N) is 1. The van der Waals surface area contributed by atoms with Gasteiger partial charge in [0.15, 0.2) is 0 Å². The Morgan fingerprint density at radius 1 is 1.50 bits per heavy atom. The topological polar surface area (TPSA) is 76.5 Å². The molecule has 0 atom stereocenters. The van der Waals surface area contributed by atoms with E-state index in [9.17, 15) is 8.42 Å². The van der Waals surface area contributed by atoms with E-state index >= 15 is 0 Å². The Hall–Kier alpha value is -0.850. The summed E-state index contributed by atoms with van der Waals surface area (Å²) in [6.07, 6.45) is 3.46. The van der Waals surface area contributed by atoms with E-state index in [1.165, 1.54) is 16.8 Å². The Balaban J connectivity index is 2.20. The fourth-order valence-corrected chi connectivity index (χ4v) is 3.61. The van der Waals surface area contributed by atoms with E-state index in [2.05, 4.69) is 0 Å². The van der Waals surface area contributed by atoms with Gasteiger partial charge in [-0.3, -0.25) is 0 Å². The molecule has 5 nitrogen and oxygen atoms in total. The molecule has 1 saturated carbocycles. The highest BCUT2D eigenvalue weighted by atomic mass is 32.2. The van der Waals surface area contributed by atoms with Gasteiger partial charge in [-0.15, -0.1) is 0 Å². The quantitative estimate of drug-likeness (QED) is 0.880. The average Bonchev–Trinajstić information content (AvgIpc) is 2.65. The third kappa shape index (κ3) is 2.46. The second-order valence-corrected chi connectivity index (χ2v) is 6.93. The summed E-state index contributed by atoms with van der Waals surface area (Å²) in [4.78, 5) is 0.241. The number of aryl methyl sites for hydroxylation is 1. The van der Waals surface area contributed by atoms with Gasteiger partial charge in [0.1, 0.15) is 16.4 Å². The van der Waals surface area contributed by atoms with E-state index in [1.807, 2.05) is 0 Å². The molecule has 18 heavy (non-hydrogen) atoms.